The Balaban J connectivity index is 2.47. The van der Waals surface area contributed by atoms with Crippen molar-refractivity contribution in [2.45, 2.75) is 19.4 Å². The van der Waals surface area contributed by atoms with Gasteiger partial charge in [0, 0.05) is 0 Å². The Morgan fingerprint density at radius 2 is 2.21 bits per heavy atom. The minimum atomic E-state index is -0.0436. The first-order valence-corrected chi connectivity index (χ1v) is 4.75. The van der Waals surface area contributed by atoms with Crippen molar-refractivity contribution in [1.29, 1.82) is 0 Å². The number of hydrogen-bond donors (Lipinski definition) is 0. The number of rotatable bonds is 1. The van der Waals surface area contributed by atoms with Crippen molar-refractivity contribution in [3.63, 3.8) is 0 Å². The van der Waals surface area contributed by atoms with Gasteiger partial charge in [0.25, 0.3) is 0 Å². The van der Waals surface area contributed by atoms with E-state index in [-0.39, 0.29) is 11.8 Å². The Labute approximate surface area is 83.8 Å². The van der Waals surface area contributed by atoms with Gasteiger partial charge < -0.3 is 4.90 Å². The van der Waals surface area contributed by atoms with Gasteiger partial charge >= 0.3 is 0 Å². The maximum Gasteiger partial charge on any atom is 0.234 e. The van der Waals surface area contributed by atoms with Crippen molar-refractivity contribution in [2.24, 2.45) is 0 Å². The average molecular weight is 187 g/mol. The van der Waals surface area contributed by atoms with Crippen LogP contribution in [0, 0.1) is 0 Å². The smallest absolute Gasteiger partial charge is 0.234 e. The molecule has 1 atom stereocenters. The van der Waals surface area contributed by atoms with Crippen LogP contribution < -0.4 is 0 Å². The average Bonchev–Trinajstić information content (AvgIpc) is 2.23. The normalized spacial score (nSPS) is 20.5. The molecule has 0 spiro atoms. The van der Waals surface area contributed by atoms with Crippen LogP contribution in [0.1, 0.15) is 24.0 Å². The molecule has 0 saturated heterocycles. The first-order valence-electron chi connectivity index (χ1n) is 4.75. The Bertz CT molecular complexity index is 384. The molecule has 1 heterocycles. The number of benzene rings is 1. The molecule has 1 aliphatic heterocycles. The number of carbonyl (C=O) groups is 1. The maximum absolute atomic E-state index is 11.8. The molecule has 1 unspecified atom stereocenters. The molecule has 0 N–H and O–H groups in total. The van der Waals surface area contributed by atoms with Gasteiger partial charge in [-0.3, -0.25) is 4.79 Å². The van der Waals surface area contributed by atoms with Crippen molar-refractivity contribution in [2.75, 3.05) is 0 Å². The molecule has 0 fully saturated rings. The van der Waals surface area contributed by atoms with Crippen molar-refractivity contribution >= 4 is 5.91 Å². The van der Waals surface area contributed by atoms with Crippen molar-refractivity contribution in [1.82, 2.24) is 4.90 Å². The summed E-state index contributed by atoms with van der Waals surface area (Å²) in [5.41, 5.74) is 2.37. The first-order chi connectivity index (χ1) is 6.74. The Morgan fingerprint density at radius 1 is 1.50 bits per heavy atom. The lowest BCUT2D eigenvalue weighted by molar-refractivity contribution is -0.131. The standard InChI is InChI=1S/C12H13NO/c1-3-13-8-10-6-4-5-7-11(10)9(2)12(13)14/h3-7,9H,1,8H2,2H3. The summed E-state index contributed by atoms with van der Waals surface area (Å²) in [6.07, 6.45) is 1.61. The van der Waals surface area contributed by atoms with Gasteiger partial charge in [-0.1, -0.05) is 30.8 Å². The zero-order valence-electron chi connectivity index (χ0n) is 8.23. The van der Waals surface area contributed by atoms with Crippen LogP contribution in [0.25, 0.3) is 0 Å². The van der Waals surface area contributed by atoms with E-state index in [1.165, 1.54) is 5.56 Å². The lowest BCUT2D eigenvalue weighted by atomic mass is 9.91. The fourth-order valence-corrected chi connectivity index (χ4v) is 1.90. The van der Waals surface area contributed by atoms with Gasteiger partial charge in [0.05, 0.1) is 12.5 Å². The highest BCUT2D eigenvalue weighted by Crippen LogP contribution is 2.28. The summed E-state index contributed by atoms with van der Waals surface area (Å²) in [4.78, 5) is 13.4. The van der Waals surface area contributed by atoms with E-state index in [9.17, 15) is 4.79 Å². The van der Waals surface area contributed by atoms with Crippen molar-refractivity contribution in [3.05, 3.63) is 48.2 Å². The predicted molar refractivity (Wildman–Crippen MR) is 55.6 cm³/mol. The molecule has 1 aromatic carbocycles. The van der Waals surface area contributed by atoms with Crippen molar-refractivity contribution < 1.29 is 4.79 Å². The number of hydrogen-bond acceptors (Lipinski definition) is 1. The zero-order valence-corrected chi connectivity index (χ0v) is 8.23. The summed E-state index contributed by atoms with van der Waals surface area (Å²) in [6.45, 7) is 6.24. The van der Waals surface area contributed by atoms with Gasteiger partial charge in [-0.25, -0.2) is 0 Å². The van der Waals surface area contributed by atoms with E-state index in [1.807, 2.05) is 25.1 Å². The van der Waals surface area contributed by atoms with Crippen molar-refractivity contribution in [3.8, 4) is 0 Å². The second-order valence-electron chi connectivity index (χ2n) is 3.57. The quantitative estimate of drug-likeness (QED) is 0.660. The molecule has 14 heavy (non-hydrogen) atoms. The largest absolute Gasteiger partial charge is 0.315 e. The second-order valence-corrected chi connectivity index (χ2v) is 3.57. The maximum atomic E-state index is 11.8. The third-order valence-electron chi connectivity index (χ3n) is 2.74. The Morgan fingerprint density at radius 3 is 2.93 bits per heavy atom. The molecule has 2 heteroatoms. The van der Waals surface area contributed by atoms with Gasteiger partial charge in [0.1, 0.15) is 0 Å². The summed E-state index contributed by atoms with van der Waals surface area (Å²) >= 11 is 0. The lowest BCUT2D eigenvalue weighted by Crippen LogP contribution is -2.34. The van der Waals surface area contributed by atoms with Crippen LogP contribution in [-0.4, -0.2) is 10.8 Å². The topological polar surface area (TPSA) is 20.3 Å². The van der Waals surface area contributed by atoms with E-state index < -0.39 is 0 Å². The summed E-state index contributed by atoms with van der Waals surface area (Å²) < 4.78 is 0. The molecule has 72 valence electrons. The fourth-order valence-electron chi connectivity index (χ4n) is 1.90. The van der Waals surface area contributed by atoms with Gasteiger partial charge in [-0.2, -0.15) is 0 Å². The number of fused-ring (bicyclic) bond motifs is 1. The van der Waals surface area contributed by atoms with E-state index in [4.69, 9.17) is 0 Å². The van der Waals surface area contributed by atoms with E-state index in [1.54, 1.807) is 11.1 Å². The molecular formula is C12H13NO. The molecule has 0 saturated carbocycles. The summed E-state index contributed by atoms with van der Waals surface area (Å²) in [6, 6.07) is 8.07. The van der Waals surface area contributed by atoms with Crippen LogP contribution in [-0.2, 0) is 11.3 Å². The van der Waals surface area contributed by atoms with Gasteiger partial charge in [0.15, 0.2) is 0 Å². The highest BCUT2D eigenvalue weighted by molar-refractivity contribution is 5.86. The second kappa shape index (κ2) is 3.29. The molecule has 1 aliphatic rings. The fraction of sp³-hybridized carbons (Fsp3) is 0.250. The number of amides is 1. The molecule has 2 rings (SSSR count). The molecular weight excluding hydrogens is 174 g/mol. The SMILES string of the molecule is C=CN1Cc2ccccc2C(C)C1=O. The molecule has 0 radical (unpaired) electrons. The van der Waals surface area contributed by atoms with Crippen LogP contribution >= 0.6 is 0 Å². The highest BCUT2D eigenvalue weighted by Gasteiger charge is 2.27. The molecule has 1 amide bonds. The predicted octanol–water partition coefficient (Wildman–Crippen LogP) is 2.28. The van der Waals surface area contributed by atoms with E-state index in [0.717, 1.165) is 5.56 Å². The van der Waals surface area contributed by atoms with E-state index in [0.29, 0.717) is 6.54 Å². The summed E-state index contributed by atoms with van der Waals surface area (Å²) in [5.74, 6) is 0.0941. The molecule has 0 aromatic heterocycles. The highest BCUT2D eigenvalue weighted by atomic mass is 16.2. The van der Waals surface area contributed by atoms with Crippen LogP contribution in [0.15, 0.2) is 37.0 Å². The minimum Gasteiger partial charge on any atom is -0.315 e. The van der Waals surface area contributed by atoms with Gasteiger partial charge in [-0.15, -0.1) is 0 Å². The van der Waals surface area contributed by atoms with Crippen LogP contribution in [0.2, 0.25) is 0 Å². The number of carbonyl (C=O) groups excluding carboxylic acids is 1. The third-order valence-corrected chi connectivity index (χ3v) is 2.74. The first kappa shape index (κ1) is 9.00. The van der Waals surface area contributed by atoms with Crippen LogP contribution in [0.3, 0.4) is 0 Å². The minimum absolute atomic E-state index is 0.0436. The van der Waals surface area contributed by atoms with E-state index in [2.05, 4.69) is 12.6 Å². The van der Waals surface area contributed by atoms with Crippen LogP contribution in [0.4, 0.5) is 0 Å². The molecule has 1 aromatic rings. The number of nitrogens with zero attached hydrogens (tertiary/aromatic N) is 1. The Hall–Kier alpha value is -1.57. The lowest BCUT2D eigenvalue weighted by Gasteiger charge is -2.29. The molecule has 0 bridgehead atoms. The van der Waals surface area contributed by atoms with Gasteiger partial charge in [-0.05, 0) is 24.3 Å². The molecule has 2 nitrogen and oxygen atoms in total. The molecule has 0 aliphatic carbocycles. The zero-order chi connectivity index (χ0) is 10.1. The monoisotopic (exact) mass is 187 g/mol. The third kappa shape index (κ3) is 1.23. The van der Waals surface area contributed by atoms with Gasteiger partial charge in [0.2, 0.25) is 5.91 Å². The van der Waals surface area contributed by atoms with E-state index >= 15 is 0 Å². The summed E-state index contributed by atoms with van der Waals surface area (Å²) in [7, 11) is 0. The van der Waals surface area contributed by atoms with Crippen LogP contribution in [0.5, 0.6) is 0 Å². The summed E-state index contributed by atoms with van der Waals surface area (Å²) in [5, 5.41) is 0. The Kier molecular flexibility index (Phi) is 2.12.